The molecule has 2 N–H and O–H groups in total. The van der Waals surface area contributed by atoms with Crippen molar-refractivity contribution in [1.29, 1.82) is 0 Å². The van der Waals surface area contributed by atoms with Crippen LogP contribution in [-0.2, 0) is 11.3 Å². The second kappa shape index (κ2) is 7.09. The highest BCUT2D eigenvalue weighted by molar-refractivity contribution is 5.87. The molecule has 1 heterocycles. The molecule has 0 amide bonds. The highest BCUT2D eigenvalue weighted by atomic mass is 16.5. The van der Waals surface area contributed by atoms with E-state index in [0.717, 1.165) is 19.6 Å². The van der Waals surface area contributed by atoms with Crippen LogP contribution in [0.2, 0.25) is 0 Å². The Hall–Kier alpha value is -1.33. The van der Waals surface area contributed by atoms with Gasteiger partial charge in [0.15, 0.2) is 0 Å². The van der Waals surface area contributed by atoms with Gasteiger partial charge in [-0.2, -0.15) is 0 Å². The van der Waals surface area contributed by atoms with Gasteiger partial charge < -0.3 is 19.6 Å². The van der Waals surface area contributed by atoms with Crippen LogP contribution in [-0.4, -0.2) is 30.3 Å². The highest BCUT2D eigenvalue weighted by Gasteiger charge is 2.07. The van der Waals surface area contributed by atoms with Crippen molar-refractivity contribution in [3.05, 3.63) is 23.7 Å². The summed E-state index contributed by atoms with van der Waals surface area (Å²) in [6.45, 7) is 6.08. The van der Waals surface area contributed by atoms with Crippen LogP contribution in [0.25, 0.3) is 0 Å². The Labute approximate surface area is 101 Å². The molecule has 0 saturated carbocycles. The molecule has 1 aromatic rings. The van der Waals surface area contributed by atoms with Crippen molar-refractivity contribution < 1.29 is 19.1 Å². The van der Waals surface area contributed by atoms with Crippen molar-refractivity contribution in [2.45, 2.75) is 32.9 Å². The van der Waals surface area contributed by atoms with Crippen molar-refractivity contribution >= 4 is 5.97 Å². The Morgan fingerprint density at radius 1 is 1.59 bits per heavy atom. The predicted molar refractivity (Wildman–Crippen MR) is 63.1 cm³/mol. The predicted octanol–water partition coefficient (Wildman–Crippen LogP) is 1.88. The van der Waals surface area contributed by atoms with Gasteiger partial charge in [-0.15, -0.1) is 0 Å². The van der Waals surface area contributed by atoms with Gasteiger partial charge in [0.05, 0.1) is 18.2 Å². The molecule has 0 aliphatic rings. The summed E-state index contributed by atoms with van der Waals surface area (Å²) < 4.78 is 10.5. The zero-order valence-electron chi connectivity index (χ0n) is 10.2. The SMILES string of the molecule is CC(C)OCCCNCc1cc(C(=O)O)co1. The van der Waals surface area contributed by atoms with Crippen molar-refractivity contribution in [2.24, 2.45) is 0 Å². The fourth-order valence-electron chi connectivity index (χ4n) is 1.31. The standard InChI is InChI=1S/C12H19NO4/c1-9(2)16-5-3-4-13-7-11-6-10(8-17-11)12(14)15/h6,8-9,13H,3-5,7H2,1-2H3,(H,14,15). The molecule has 0 spiro atoms. The van der Waals surface area contributed by atoms with Crippen molar-refractivity contribution in [2.75, 3.05) is 13.2 Å². The summed E-state index contributed by atoms with van der Waals surface area (Å²) in [6, 6.07) is 1.53. The molecule has 0 bridgehead atoms. The fraction of sp³-hybridized carbons (Fsp3) is 0.583. The average Bonchev–Trinajstić information content (AvgIpc) is 2.71. The quantitative estimate of drug-likeness (QED) is 0.680. The lowest BCUT2D eigenvalue weighted by molar-refractivity contribution is 0.0696. The Bertz CT molecular complexity index is 346. The summed E-state index contributed by atoms with van der Waals surface area (Å²) in [5.41, 5.74) is 0.185. The third-order valence-corrected chi connectivity index (χ3v) is 2.15. The van der Waals surface area contributed by atoms with Crippen molar-refractivity contribution in [3.8, 4) is 0 Å². The van der Waals surface area contributed by atoms with E-state index in [1.54, 1.807) is 0 Å². The van der Waals surface area contributed by atoms with Gasteiger partial charge in [-0.3, -0.25) is 0 Å². The molecule has 0 aliphatic heterocycles. The average molecular weight is 241 g/mol. The first kappa shape index (κ1) is 13.7. The van der Waals surface area contributed by atoms with Crippen LogP contribution < -0.4 is 5.32 Å². The Morgan fingerprint density at radius 2 is 2.35 bits per heavy atom. The number of hydrogen-bond donors (Lipinski definition) is 2. The number of ether oxygens (including phenoxy) is 1. The maximum Gasteiger partial charge on any atom is 0.338 e. The minimum Gasteiger partial charge on any atom is -0.478 e. The Balaban J connectivity index is 2.11. The van der Waals surface area contributed by atoms with Crippen molar-refractivity contribution in [1.82, 2.24) is 5.32 Å². The van der Waals surface area contributed by atoms with Gasteiger partial charge in [-0.05, 0) is 32.9 Å². The molecule has 0 saturated heterocycles. The first-order chi connectivity index (χ1) is 8.09. The first-order valence-corrected chi connectivity index (χ1v) is 5.72. The molecular weight excluding hydrogens is 222 g/mol. The minimum atomic E-state index is -0.967. The number of hydrogen-bond acceptors (Lipinski definition) is 4. The molecule has 1 aromatic heterocycles. The summed E-state index contributed by atoms with van der Waals surface area (Å²) in [7, 11) is 0. The van der Waals surface area contributed by atoms with Gasteiger partial charge in [-0.1, -0.05) is 0 Å². The summed E-state index contributed by atoms with van der Waals surface area (Å²) >= 11 is 0. The van der Waals surface area contributed by atoms with Crippen LogP contribution in [0.4, 0.5) is 0 Å². The number of nitrogens with one attached hydrogen (secondary N) is 1. The lowest BCUT2D eigenvalue weighted by Gasteiger charge is -2.07. The molecule has 5 heteroatoms. The third-order valence-electron chi connectivity index (χ3n) is 2.15. The molecule has 0 atom stereocenters. The van der Waals surface area contributed by atoms with Gasteiger partial charge in [0.1, 0.15) is 12.0 Å². The highest BCUT2D eigenvalue weighted by Crippen LogP contribution is 2.07. The normalized spacial score (nSPS) is 11.0. The largest absolute Gasteiger partial charge is 0.478 e. The molecule has 17 heavy (non-hydrogen) atoms. The molecule has 5 nitrogen and oxygen atoms in total. The monoisotopic (exact) mass is 241 g/mol. The smallest absolute Gasteiger partial charge is 0.338 e. The minimum absolute atomic E-state index is 0.185. The van der Waals surface area contributed by atoms with E-state index in [-0.39, 0.29) is 11.7 Å². The number of rotatable bonds is 8. The second-order valence-electron chi connectivity index (χ2n) is 4.06. The van der Waals surface area contributed by atoms with E-state index >= 15 is 0 Å². The number of carbonyl (C=O) groups is 1. The van der Waals surface area contributed by atoms with Gasteiger partial charge in [-0.25, -0.2) is 4.79 Å². The van der Waals surface area contributed by atoms with E-state index in [1.165, 1.54) is 12.3 Å². The third kappa shape index (κ3) is 5.51. The molecule has 0 unspecified atom stereocenters. The van der Waals surface area contributed by atoms with Gasteiger partial charge in [0, 0.05) is 6.61 Å². The Kier molecular flexibility index (Phi) is 5.72. The van der Waals surface area contributed by atoms with Crippen LogP contribution in [0, 0.1) is 0 Å². The van der Waals surface area contributed by atoms with Gasteiger partial charge in [0.25, 0.3) is 0 Å². The zero-order chi connectivity index (χ0) is 12.7. The number of furan rings is 1. The lowest BCUT2D eigenvalue weighted by atomic mass is 10.3. The molecule has 0 aliphatic carbocycles. The summed E-state index contributed by atoms with van der Waals surface area (Å²) in [5.74, 6) is -0.336. The molecule has 1 rings (SSSR count). The molecule has 0 aromatic carbocycles. The van der Waals surface area contributed by atoms with E-state index in [9.17, 15) is 4.79 Å². The molecular formula is C12H19NO4. The molecule has 96 valence electrons. The summed E-state index contributed by atoms with van der Waals surface area (Å²) in [5, 5.41) is 11.9. The van der Waals surface area contributed by atoms with E-state index in [1.807, 2.05) is 13.8 Å². The van der Waals surface area contributed by atoms with Crippen LogP contribution in [0.15, 0.2) is 16.7 Å². The number of carboxylic acids is 1. The maximum absolute atomic E-state index is 10.6. The maximum atomic E-state index is 10.6. The first-order valence-electron chi connectivity index (χ1n) is 5.72. The molecule has 0 fully saturated rings. The van der Waals surface area contributed by atoms with Crippen LogP contribution in [0.3, 0.4) is 0 Å². The summed E-state index contributed by atoms with van der Waals surface area (Å²) in [4.78, 5) is 10.6. The fourth-order valence-corrected chi connectivity index (χ4v) is 1.31. The number of carboxylic acid groups (broad SMARTS) is 1. The van der Waals surface area contributed by atoms with Crippen LogP contribution in [0.5, 0.6) is 0 Å². The van der Waals surface area contributed by atoms with E-state index < -0.39 is 5.97 Å². The topological polar surface area (TPSA) is 71.7 Å². The zero-order valence-corrected chi connectivity index (χ0v) is 10.2. The Morgan fingerprint density at radius 3 is 2.94 bits per heavy atom. The van der Waals surface area contributed by atoms with Gasteiger partial charge >= 0.3 is 5.97 Å². The second-order valence-corrected chi connectivity index (χ2v) is 4.06. The van der Waals surface area contributed by atoms with E-state index in [2.05, 4.69) is 5.32 Å². The van der Waals surface area contributed by atoms with Crippen LogP contribution >= 0.6 is 0 Å². The van der Waals surface area contributed by atoms with E-state index in [0.29, 0.717) is 12.3 Å². The van der Waals surface area contributed by atoms with Crippen molar-refractivity contribution in [3.63, 3.8) is 0 Å². The summed E-state index contributed by atoms with van der Waals surface area (Å²) in [6.07, 6.45) is 2.43. The number of aromatic carboxylic acids is 1. The van der Waals surface area contributed by atoms with E-state index in [4.69, 9.17) is 14.3 Å². The van der Waals surface area contributed by atoms with Crippen LogP contribution in [0.1, 0.15) is 36.4 Å². The van der Waals surface area contributed by atoms with Gasteiger partial charge in [0.2, 0.25) is 0 Å². The molecule has 0 radical (unpaired) electrons. The lowest BCUT2D eigenvalue weighted by Crippen LogP contribution is -2.17.